The van der Waals surface area contributed by atoms with Gasteiger partial charge in [0, 0.05) is 24.5 Å². The number of halogens is 2. The molecule has 0 aliphatic carbocycles. The van der Waals surface area contributed by atoms with Crippen molar-refractivity contribution in [3.05, 3.63) is 53.9 Å². The summed E-state index contributed by atoms with van der Waals surface area (Å²) in [7, 11) is 1.35. The molecular weight excluding hydrogens is 294 g/mol. The summed E-state index contributed by atoms with van der Waals surface area (Å²) < 4.78 is 33.8. The second-order valence-electron chi connectivity index (χ2n) is 4.28. The van der Waals surface area contributed by atoms with Gasteiger partial charge in [-0.05, 0) is 29.8 Å². The predicted octanol–water partition coefficient (Wildman–Crippen LogP) is 2.62. The minimum Gasteiger partial charge on any atom is -0.493 e. The number of rotatable bonds is 6. The van der Waals surface area contributed by atoms with Crippen LogP contribution in [0.5, 0.6) is 11.5 Å². The van der Waals surface area contributed by atoms with E-state index in [4.69, 9.17) is 4.74 Å². The number of carbonyl (C=O) groups excluding carboxylic acids is 1. The lowest BCUT2D eigenvalue weighted by Crippen LogP contribution is -2.22. The lowest BCUT2D eigenvalue weighted by Gasteiger charge is -2.12. The lowest BCUT2D eigenvalue weighted by atomic mass is 10.2. The highest BCUT2D eigenvalue weighted by Gasteiger charge is 2.11. The molecule has 0 spiro atoms. The van der Waals surface area contributed by atoms with Crippen LogP contribution in [-0.4, -0.2) is 24.6 Å². The molecule has 0 radical (unpaired) electrons. The number of alkyl halides is 2. The van der Waals surface area contributed by atoms with Crippen molar-refractivity contribution in [2.24, 2.45) is 0 Å². The number of aromatic nitrogens is 1. The van der Waals surface area contributed by atoms with Crippen LogP contribution < -0.4 is 14.8 Å². The summed E-state index contributed by atoms with van der Waals surface area (Å²) in [5, 5.41) is 2.72. The molecule has 5 nitrogen and oxygen atoms in total. The molecule has 1 heterocycles. The van der Waals surface area contributed by atoms with Gasteiger partial charge in [-0.15, -0.1) is 0 Å². The standard InChI is InChI=1S/C15H14F2N2O3/c1-21-13-8-10(2-3-12(13)22-15(16)17)9-19-14(20)11-4-6-18-7-5-11/h2-8,15H,9H2,1H3,(H,19,20). The summed E-state index contributed by atoms with van der Waals surface area (Å²) in [6.07, 6.45) is 3.04. The third kappa shape index (κ3) is 4.15. The number of hydrogen-bond donors (Lipinski definition) is 1. The maximum absolute atomic E-state index is 12.2. The van der Waals surface area contributed by atoms with E-state index in [1.807, 2.05) is 0 Å². The zero-order chi connectivity index (χ0) is 15.9. The SMILES string of the molecule is COc1cc(CNC(=O)c2ccncc2)ccc1OC(F)F. The van der Waals surface area contributed by atoms with Gasteiger partial charge in [0.15, 0.2) is 11.5 Å². The summed E-state index contributed by atoms with van der Waals surface area (Å²) in [5.41, 5.74) is 1.18. The molecule has 1 aromatic heterocycles. The Morgan fingerprint density at radius 2 is 1.95 bits per heavy atom. The molecule has 0 saturated heterocycles. The van der Waals surface area contributed by atoms with Crippen LogP contribution in [0.4, 0.5) is 8.78 Å². The Morgan fingerprint density at radius 1 is 1.23 bits per heavy atom. The van der Waals surface area contributed by atoms with Crippen molar-refractivity contribution in [2.75, 3.05) is 7.11 Å². The highest BCUT2D eigenvalue weighted by atomic mass is 19.3. The molecule has 0 aliphatic rings. The molecule has 0 aliphatic heterocycles. The molecule has 116 valence electrons. The Balaban J connectivity index is 2.03. The van der Waals surface area contributed by atoms with Crippen LogP contribution in [-0.2, 0) is 6.54 Å². The van der Waals surface area contributed by atoms with Crippen molar-refractivity contribution < 1.29 is 23.0 Å². The van der Waals surface area contributed by atoms with Gasteiger partial charge in [0.05, 0.1) is 7.11 Å². The Labute approximate surface area is 125 Å². The average Bonchev–Trinajstić information content (AvgIpc) is 2.54. The number of nitrogens with zero attached hydrogens (tertiary/aromatic N) is 1. The Morgan fingerprint density at radius 3 is 2.59 bits per heavy atom. The van der Waals surface area contributed by atoms with Gasteiger partial charge >= 0.3 is 6.61 Å². The fourth-order valence-corrected chi connectivity index (χ4v) is 1.80. The molecule has 0 bridgehead atoms. The van der Waals surface area contributed by atoms with Crippen LogP contribution in [0.15, 0.2) is 42.7 Å². The summed E-state index contributed by atoms with van der Waals surface area (Å²) in [6.45, 7) is -2.70. The molecule has 0 saturated carbocycles. The van der Waals surface area contributed by atoms with Gasteiger partial charge in [-0.3, -0.25) is 9.78 Å². The molecule has 0 fully saturated rings. The first-order valence-electron chi connectivity index (χ1n) is 6.40. The third-order valence-corrected chi connectivity index (χ3v) is 2.84. The molecule has 0 unspecified atom stereocenters. The van der Waals surface area contributed by atoms with Crippen molar-refractivity contribution in [3.63, 3.8) is 0 Å². The first-order valence-corrected chi connectivity index (χ1v) is 6.40. The van der Waals surface area contributed by atoms with Gasteiger partial charge in [-0.2, -0.15) is 8.78 Å². The van der Waals surface area contributed by atoms with Gasteiger partial charge < -0.3 is 14.8 Å². The highest BCUT2D eigenvalue weighted by Crippen LogP contribution is 2.29. The van der Waals surface area contributed by atoms with Crippen molar-refractivity contribution in [1.29, 1.82) is 0 Å². The maximum atomic E-state index is 12.2. The third-order valence-electron chi connectivity index (χ3n) is 2.84. The van der Waals surface area contributed by atoms with Gasteiger partial charge in [-0.25, -0.2) is 0 Å². The van der Waals surface area contributed by atoms with E-state index in [-0.39, 0.29) is 24.0 Å². The van der Waals surface area contributed by atoms with Crippen LogP contribution in [0, 0.1) is 0 Å². The largest absolute Gasteiger partial charge is 0.493 e. The second-order valence-corrected chi connectivity index (χ2v) is 4.28. The van der Waals surface area contributed by atoms with Crippen molar-refractivity contribution in [3.8, 4) is 11.5 Å². The van der Waals surface area contributed by atoms with E-state index < -0.39 is 6.61 Å². The summed E-state index contributed by atoms with van der Waals surface area (Å²) >= 11 is 0. The molecule has 2 rings (SSSR count). The number of hydrogen-bond acceptors (Lipinski definition) is 4. The topological polar surface area (TPSA) is 60.5 Å². The van der Waals surface area contributed by atoms with E-state index in [0.717, 1.165) is 0 Å². The number of benzene rings is 1. The predicted molar refractivity (Wildman–Crippen MR) is 75.0 cm³/mol. The monoisotopic (exact) mass is 308 g/mol. The molecule has 1 N–H and O–H groups in total. The van der Waals surface area contributed by atoms with Crippen LogP contribution >= 0.6 is 0 Å². The quantitative estimate of drug-likeness (QED) is 0.891. The normalized spacial score (nSPS) is 10.4. The van der Waals surface area contributed by atoms with Crippen molar-refractivity contribution >= 4 is 5.91 Å². The molecule has 22 heavy (non-hydrogen) atoms. The highest BCUT2D eigenvalue weighted by molar-refractivity contribution is 5.93. The second kappa shape index (κ2) is 7.35. The molecule has 0 atom stereocenters. The molecule has 2 aromatic rings. The van der Waals surface area contributed by atoms with Crippen LogP contribution in [0.25, 0.3) is 0 Å². The lowest BCUT2D eigenvalue weighted by molar-refractivity contribution is -0.0512. The molecule has 1 amide bonds. The first kappa shape index (κ1) is 15.7. The zero-order valence-corrected chi connectivity index (χ0v) is 11.8. The number of methoxy groups -OCH3 is 1. The van der Waals surface area contributed by atoms with Crippen molar-refractivity contribution in [2.45, 2.75) is 13.2 Å². The number of ether oxygens (including phenoxy) is 2. The van der Waals surface area contributed by atoms with E-state index in [0.29, 0.717) is 11.1 Å². The summed E-state index contributed by atoms with van der Waals surface area (Å²) in [4.78, 5) is 15.7. The van der Waals surface area contributed by atoms with Crippen LogP contribution in [0.3, 0.4) is 0 Å². The van der Waals surface area contributed by atoms with Gasteiger partial charge in [0.25, 0.3) is 5.91 Å². The minimum atomic E-state index is -2.92. The summed E-state index contributed by atoms with van der Waals surface area (Å²) in [5.74, 6) is -0.132. The van der Waals surface area contributed by atoms with Gasteiger partial charge in [0.1, 0.15) is 0 Å². The molecule has 1 aromatic carbocycles. The smallest absolute Gasteiger partial charge is 0.387 e. The Hall–Kier alpha value is -2.70. The van der Waals surface area contributed by atoms with Crippen LogP contribution in [0.2, 0.25) is 0 Å². The zero-order valence-electron chi connectivity index (χ0n) is 11.8. The van der Waals surface area contributed by atoms with Gasteiger partial charge in [0.2, 0.25) is 0 Å². The average molecular weight is 308 g/mol. The number of amides is 1. The molecule has 7 heteroatoms. The number of pyridine rings is 1. The Bertz CT molecular complexity index is 636. The molecular formula is C15H14F2N2O3. The van der Waals surface area contributed by atoms with E-state index >= 15 is 0 Å². The Kier molecular flexibility index (Phi) is 5.24. The fraction of sp³-hybridized carbons (Fsp3) is 0.200. The van der Waals surface area contributed by atoms with Gasteiger partial charge in [-0.1, -0.05) is 6.07 Å². The van der Waals surface area contributed by atoms with E-state index in [1.54, 1.807) is 18.2 Å². The first-order chi connectivity index (χ1) is 10.6. The summed E-state index contributed by atoms with van der Waals surface area (Å²) in [6, 6.07) is 7.67. The number of nitrogens with one attached hydrogen (secondary N) is 1. The van der Waals surface area contributed by atoms with E-state index in [2.05, 4.69) is 15.0 Å². The van der Waals surface area contributed by atoms with Crippen molar-refractivity contribution in [1.82, 2.24) is 10.3 Å². The van der Waals surface area contributed by atoms with Crippen LogP contribution in [0.1, 0.15) is 15.9 Å². The fourth-order valence-electron chi connectivity index (χ4n) is 1.80. The van der Waals surface area contributed by atoms with E-state index in [9.17, 15) is 13.6 Å². The van der Waals surface area contributed by atoms with E-state index in [1.165, 1.54) is 31.6 Å². The minimum absolute atomic E-state index is 0.0540. The maximum Gasteiger partial charge on any atom is 0.387 e. The number of carbonyl (C=O) groups is 1.